The molecule has 1 rings (SSSR count). The van der Waals surface area contributed by atoms with Crippen LogP contribution in [0.15, 0.2) is 12.1 Å². The van der Waals surface area contributed by atoms with Crippen molar-refractivity contribution in [2.75, 3.05) is 12.5 Å². The smallest absolute Gasteiger partial charge is 0.125 e. The van der Waals surface area contributed by atoms with E-state index >= 15 is 0 Å². The normalized spacial score (nSPS) is 10.1. The van der Waals surface area contributed by atoms with Gasteiger partial charge in [-0.1, -0.05) is 12.8 Å². The van der Waals surface area contributed by atoms with E-state index in [0.717, 1.165) is 55.0 Å². The summed E-state index contributed by atoms with van der Waals surface area (Å²) in [6.45, 7) is 4.70. The summed E-state index contributed by atoms with van der Waals surface area (Å²) in [5, 5.41) is 8.87. The van der Waals surface area contributed by atoms with Gasteiger partial charge in [0.25, 0.3) is 0 Å². The molecule has 0 unspecified atom stereocenters. The summed E-state index contributed by atoms with van der Waals surface area (Å²) in [6, 6.07) is 5.90. The Hall–Kier alpha value is -1.20. The predicted molar refractivity (Wildman–Crippen MR) is 75.3 cm³/mol. The van der Waals surface area contributed by atoms with Crippen molar-refractivity contribution in [1.29, 1.82) is 5.26 Å². The largest absolute Gasteiger partial charge is 0.493 e. The first-order valence-electron chi connectivity index (χ1n) is 6.39. The van der Waals surface area contributed by atoms with Gasteiger partial charge in [0, 0.05) is 5.88 Å². The van der Waals surface area contributed by atoms with Gasteiger partial charge in [-0.2, -0.15) is 5.26 Å². The summed E-state index contributed by atoms with van der Waals surface area (Å²) in [5.41, 5.74) is 2.76. The summed E-state index contributed by atoms with van der Waals surface area (Å²) in [7, 11) is 0. The molecule has 2 nitrogen and oxygen atoms in total. The Balaban J connectivity index is 2.45. The Morgan fingerprint density at radius 3 is 2.28 bits per heavy atom. The van der Waals surface area contributed by atoms with E-state index in [9.17, 15) is 0 Å². The summed E-state index contributed by atoms with van der Waals surface area (Å²) >= 11 is 5.62. The first kappa shape index (κ1) is 14.9. The van der Waals surface area contributed by atoms with Crippen molar-refractivity contribution >= 4 is 11.6 Å². The highest BCUT2D eigenvalue weighted by molar-refractivity contribution is 6.17. The van der Waals surface area contributed by atoms with E-state index in [0.29, 0.717) is 5.56 Å². The number of nitriles is 1. The zero-order chi connectivity index (χ0) is 13.4. The van der Waals surface area contributed by atoms with Gasteiger partial charge in [0.15, 0.2) is 0 Å². The van der Waals surface area contributed by atoms with Gasteiger partial charge in [0.2, 0.25) is 0 Å². The van der Waals surface area contributed by atoms with Crippen LogP contribution >= 0.6 is 11.6 Å². The number of hydrogen-bond donors (Lipinski definition) is 0. The fourth-order valence-corrected chi connectivity index (χ4v) is 2.16. The minimum Gasteiger partial charge on any atom is -0.493 e. The van der Waals surface area contributed by atoms with Gasteiger partial charge in [0.05, 0.1) is 18.2 Å². The van der Waals surface area contributed by atoms with E-state index in [1.54, 1.807) is 0 Å². The lowest BCUT2D eigenvalue weighted by Crippen LogP contribution is -2.01. The Morgan fingerprint density at radius 1 is 1.11 bits per heavy atom. The molecule has 18 heavy (non-hydrogen) atoms. The molecule has 0 amide bonds. The van der Waals surface area contributed by atoms with Crippen molar-refractivity contribution in [2.24, 2.45) is 0 Å². The molecular formula is C15H20ClNO. The van der Waals surface area contributed by atoms with Crippen molar-refractivity contribution < 1.29 is 4.74 Å². The fourth-order valence-electron chi connectivity index (χ4n) is 1.97. The quantitative estimate of drug-likeness (QED) is 0.542. The summed E-state index contributed by atoms with van der Waals surface area (Å²) < 4.78 is 5.80. The van der Waals surface area contributed by atoms with E-state index in [4.69, 9.17) is 21.6 Å². The molecule has 3 heteroatoms. The lowest BCUT2D eigenvalue weighted by molar-refractivity contribution is 0.301. The van der Waals surface area contributed by atoms with Gasteiger partial charge in [-0.25, -0.2) is 0 Å². The number of nitrogens with zero attached hydrogens (tertiary/aromatic N) is 1. The SMILES string of the molecule is Cc1cc(C#N)cc(C)c1OCCCCCCCl. The molecule has 0 saturated carbocycles. The number of halogens is 1. The molecule has 0 heterocycles. The van der Waals surface area contributed by atoms with E-state index in [1.165, 1.54) is 0 Å². The van der Waals surface area contributed by atoms with Crippen LogP contribution in [0.4, 0.5) is 0 Å². The third-order valence-electron chi connectivity index (χ3n) is 2.86. The van der Waals surface area contributed by atoms with Crippen LogP contribution in [-0.2, 0) is 0 Å². The second kappa shape index (κ2) is 8.00. The summed E-state index contributed by atoms with van der Waals surface area (Å²) in [5.74, 6) is 1.67. The molecule has 0 N–H and O–H groups in total. The van der Waals surface area contributed by atoms with E-state index < -0.39 is 0 Å². The molecule has 0 radical (unpaired) electrons. The van der Waals surface area contributed by atoms with E-state index in [1.807, 2.05) is 26.0 Å². The molecule has 0 aromatic heterocycles. The Bertz CT molecular complexity index is 400. The van der Waals surface area contributed by atoms with Crippen molar-refractivity contribution in [3.63, 3.8) is 0 Å². The summed E-state index contributed by atoms with van der Waals surface area (Å²) in [6.07, 6.45) is 4.45. The highest BCUT2D eigenvalue weighted by Gasteiger charge is 2.06. The first-order chi connectivity index (χ1) is 8.69. The van der Waals surface area contributed by atoms with Crippen LogP contribution in [0.3, 0.4) is 0 Å². The fraction of sp³-hybridized carbons (Fsp3) is 0.533. The van der Waals surface area contributed by atoms with Crippen LogP contribution in [0, 0.1) is 25.2 Å². The van der Waals surface area contributed by atoms with Gasteiger partial charge in [-0.05, 0) is 49.9 Å². The minimum absolute atomic E-state index is 0.694. The van der Waals surface area contributed by atoms with E-state index in [2.05, 4.69) is 6.07 Å². The molecular weight excluding hydrogens is 246 g/mol. The van der Waals surface area contributed by atoms with Gasteiger partial charge < -0.3 is 4.74 Å². The number of hydrogen-bond acceptors (Lipinski definition) is 2. The Kier molecular flexibility index (Phi) is 6.60. The number of rotatable bonds is 7. The van der Waals surface area contributed by atoms with Crippen LogP contribution in [-0.4, -0.2) is 12.5 Å². The Labute approximate surface area is 115 Å². The molecule has 1 aromatic carbocycles. The number of unbranched alkanes of at least 4 members (excludes halogenated alkanes) is 3. The minimum atomic E-state index is 0.694. The second-order valence-corrected chi connectivity index (χ2v) is 4.88. The van der Waals surface area contributed by atoms with Crippen LogP contribution in [0.1, 0.15) is 42.4 Å². The lowest BCUT2D eigenvalue weighted by Gasteiger charge is -2.12. The zero-order valence-corrected chi connectivity index (χ0v) is 11.9. The Morgan fingerprint density at radius 2 is 1.72 bits per heavy atom. The molecule has 0 aliphatic carbocycles. The van der Waals surface area contributed by atoms with E-state index in [-0.39, 0.29) is 0 Å². The lowest BCUT2D eigenvalue weighted by atomic mass is 10.1. The predicted octanol–water partition coefficient (Wildman–Crippen LogP) is 4.35. The van der Waals surface area contributed by atoms with Crippen molar-refractivity contribution in [3.8, 4) is 11.8 Å². The van der Waals surface area contributed by atoms with Gasteiger partial charge in [-0.3, -0.25) is 0 Å². The van der Waals surface area contributed by atoms with Crippen LogP contribution < -0.4 is 4.74 Å². The maximum Gasteiger partial charge on any atom is 0.125 e. The van der Waals surface area contributed by atoms with Crippen molar-refractivity contribution in [1.82, 2.24) is 0 Å². The third-order valence-corrected chi connectivity index (χ3v) is 3.13. The molecule has 0 atom stereocenters. The van der Waals surface area contributed by atoms with Gasteiger partial charge >= 0.3 is 0 Å². The van der Waals surface area contributed by atoms with Crippen molar-refractivity contribution in [2.45, 2.75) is 39.5 Å². The monoisotopic (exact) mass is 265 g/mol. The molecule has 0 spiro atoms. The average molecular weight is 266 g/mol. The number of ether oxygens (including phenoxy) is 1. The third kappa shape index (κ3) is 4.58. The molecule has 0 bridgehead atoms. The second-order valence-electron chi connectivity index (χ2n) is 4.50. The standard InChI is InChI=1S/C15H20ClNO/c1-12-9-14(11-17)10-13(2)15(12)18-8-6-4-3-5-7-16/h9-10H,3-8H2,1-2H3. The zero-order valence-electron chi connectivity index (χ0n) is 11.1. The van der Waals surface area contributed by atoms with Gasteiger partial charge in [0.1, 0.15) is 5.75 Å². The topological polar surface area (TPSA) is 33.0 Å². The van der Waals surface area contributed by atoms with Crippen LogP contribution in [0.2, 0.25) is 0 Å². The first-order valence-corrected chi connectivity index (χ1v) is 6.92. The highest BCUT2D eigenvalue weighted by atomic mass is 35.5. The maximum absolute atomic E-state index is 8.87. The number of alkyl halides is 1. The summed E-state index contributed by atoms with van der Waals surface area (Å²) in [4.78, 5) is 0. The molecule has 0 fully saturated rings. The maximum atomic E-state index is 8.87. The molecule has 0 aliphatic heterocycles. The molecule has 1 aromatic rings. The number of aryl methyl sites for hydroxylation is 2. The average Bonchev–Trinajstić information content (AvgIpc) is 2.35. The number of benzene rings is 1. The molecule has 98 valence electrons. The molecule has 0 saturated heterocycles. The van der Waals surface area contributed by atoms with Crippen molar-refractivity contribution in [3.05, 3.63) is 28.8 Å². The van der Waals surface area contributed by atoms with Crippen LogP contribution in [0.5, 0.6) is 5.75 Å². The molecule has 0 aliphatic rings. The van der Waals surface area contributed by atoms with Gasteiger partial charge in [-0.15, -0.1) is 11.6 Å². The highest BCUT2D eigenvalue weighted by Crippen LogP contribution is 2.24. The van der Waals surface area contributed by atoms with Crippen LogP contribution in [0.25, 0.3) is 0 Å².